The average molecular weight is 399 g/mol. The van der Waals surface area contributed by atoms with Gasteiger partial charge >= 0.3 is 5.97 Å². The van der Waals surface area contributed by atoms with Gasteiger partial charge in [0.05, 0.1) is 11.4 Å². The summed E-state index contributed by atoms with van der Waals surface area (Å²) >= 11 is 0. The number of benzene rings is 3. The number of carbonyl (C=O) groups excluding carboxylic acids is 2. The Kier molecular flexibility index (Phi) is 7.22. The lowest BCUT2D eigenvalue weighted by molar-refractivity contribution is -0.142. The van der Waals surface area contributed by atoms with E-state index in [4.69, 9.17) is 4.74 Å². The monoisotopic (exact) mass is 399 g/mol. The first-order valence-corrected chi connectivity index (χ1v) is 9.37. The van der Waals surface area contributed by atoms with E-state index in [0.717, 1.165) is 16.8 Å². The Labute approximate surface area is 174 Å². The highest BCUT2D eigenvalue weighted by molar-refractivity contribution is 5.94. The number of nitrogens with zero attached hydrogens (tertiary/aromatic N) is 2. The molecule has 6 nitrogen and oxygen atoms in total. The number of amides is 1. The van der Waals surface area contributed by atoms with Gasteiger partial charge in [0.1, 0.15) is 0 Å². The highest BCUT2D eigenvalue weighted by atomic mass is 16.5. The van der Waals surface area contributed by atoms with Gasteiger partial charge in [0, 0.05) is 11.8 Å². The Morgan fingerprint density at radius 3 is 2.17 bits per heavy atom. The molecule has 6 heteroatoms. The molecule has 1 amide bonds. The lowest BCUT2D eigenvalue weighted by Crippen LogP contribution is -2.20. The summed E-state index contributed by atoms with van der Waals surface area (Å²) in [5, 5.41) is 10.9. The number of hydrogen-bond donors (Lipinski definition) is 1. The largest absolute Gasteiger partial charge is 0.452 e. The maximum absolute atomic E-state index is 12.0. The van der Waals surface area contributed by atoms with Gasteiger partial charge in [-0.25, -0.2) is 4.79 Å². The molecule has 0 bridgehead atoms. The van der Waals surface area contributed by atoms with Crippen LogP contribution in [0.2, 0.25) is 0 Å². The van der Waals surface area contributed by atoms with Crippen LogP contribution in [-0.2, 0) is 14.3 Å². The summed E-state index contributed by atoms with van der Waals surface area (Å²) in [5.74, 6) is -1.01. The van der Waals surface area contributed by atoms with E-state index < -0.39 is 11.9 Å². The van der Waals surface area contributed by atoms with Crippen molar-refractivity contribution in [3.05, 3.63) is 96.1 Å². The van der Waals surface area contributed by atoms with Crippen molar-refractivity contribution in [2.75, 3.05) is 11.9 Å². The lowest BCUT2D eigenvalue weighted by atomic mass is 10.1. The number of anilines is 1. The molecule has 0 aliphatic heterocycles. The minimum absolute atomic E-state index is 0.369. The summed E-state index contributed by atoms with van der Waals surface area (Å²) < 4.78 is 4.96. The van der Waals surface area contributed by atoms with Crippen molar-refractivity contribution < 1.29 is 14.3 Å². The van der Waals surface area contributed by atoms with Crippen LogP contribution in [0.1, 0.15) is 11.1 Å². The molecule has 3 aromatic carbocycles. The first-order valence-electron chi connectivity index (χ1n) is 9.37. The number of esters is 1. The fourth-order valence-electron chi connectivity index (χ4n) is 2.45. The predicted octanol–water partition coefficient (Wildman–Crippen LogP) is 5.61. The van der Waals surface area contributed by atoms with Crippen LogP contribution in [0.4, 0.5) is 17.1 Å². The summed E-state index contributed by atoms with van der Waals surface area (Å²) in [4.78, 5) is 23.7. The number of hydrogen-bond acceptors (Lipinski definition) is 5. The smallest absolute Gasteiger partial charge is 0.331 e. The molecule has 0 heterocycles. The van der Waals surface area contributed by atoms with Gasteiger partial charge in [0.15, 0.2) is 6.61 Å². The third kappa shape index (κ3) is 6.83. The average Bonchev–Trinajstić information content (AvgIpc) is 2.77. The topological polar surface area (TPSA) is 80.1 Å². The van der Waals surface area contributed by atoms with E-state index >= 15 is 0 Å². The van der Waals surface area contributed by atoms with Crippen molar-refractivity contribution in [1.82, 2.24) is 0 Å². The predicted molar refractivity (Wildman–Crippen MR) is 117 cm³/mol. The summed E-state index contributed by atoms with van der Waals surface area (Å²) in [6, 6.07) is 24.0. The van der Waals surface area contributed by atoms with Gasteiger partial charge < -0.3 is 10.1 Å². The molecule has 0 spiro atoms. The van der Waals surface area contributed by atoms with Crippen LogP contribution in [-0.4, -0.2) is 18.5 Å². The number of aryl methyl sites for hydroxylation is 1. The van der Waals surface area contributed by atoms with Crippen LogP contribution in [0.15, 0.2) is 95.2 Å². The fraction of sp³-hybridized carbons (Fsp3) is 0.0833. The molecule has 30 heavy (non-hydrogen) atoms. The molecule has 0 fully saturated rings. The van der Waals surface area contributed by atoms with Crippen molar-refractivity contribution in [3.8, 4) is 0 Å². The SMILES string of the molecule is Cc1ccc(/C=C/C(=O)OCC(=O)Nc2ccc(N=Nc3ccccc3)cc2)cc1. The number of azo groups is 1. The molecule has 0 atom stereocenters. The zero-order valence-corrected chi connectivity index (χ0v) is 16.5. The van der Waals surface area contributed by atoms with E-state index in [1.54, 1.807) is 30.3 Å². The summed E-state index contributed by atoms with van der Waals surface area (Å²) in [6.07, 6.45) is 2.94. The molecule has 0 saturated carbocycles. The lowest BCUT2D eigenvalue weighted by Gasteiger charge is -2.05. The normalized spacial score (nSPS) is 11.0. The van der Waals surface area contributed by atoms with Crippen molar-refractivity contribution in [2.45, 2.75) is 6.92 Å². The Balaban J connectivity index is 1.44. The first-order chi connectivity index (χ1) is 14.6. The van der Waals surface area contributed by atoms with Crippen LogP contribution < -0.4 is 5.32 Å². The molecule has 0 aromatic heterocycles. The molecule has 0 radical (unpaired) electrons. The van der Waals surface area contributed by atoms with Gasteiger partial charge in [-0.2, -0.15) is 10.2 Å². The Morgan fingerprint density at radius 1 is 0.867 bits per heavy atom. The highest BCUT2D eigenvalue weighted by Gasteiger charge is 2.06. The van der Waals surface area contributed by atoms with E-state index in [9.17, 15) is 9.59 Å². The fourth-order valence-corrected chi connectivity index (χ4v) is 2.45. The Hall–Kier alpha value is -4.06. The van der Waals surface area contributed by atoms with Crippen molar-refractivity contribution in [1.29, 1.82) is 0 Å². The van der Waals surface area contributed by atoms with Gasteiger partial charge in [-0.3, -0.25) is 4.79 Å². The van der Waals surface area contributed by atoms with Gasteiger partial charge in [-0.15, -0.1) is 0 Å². The minimum Gasteiger partial charge on any atom is -0.452 e. The third-order valence-corrected chi connectivity index (χ3v) is 4.02. The number of ether oxygens (including phenoxy) is 1. The van der Waals surface area contributed by atoms with Gasteiger partial charge in [-0.05, 0) is 55.0 Å². The van der Waals surface area contributed by atoms with Gasteiger partial charge in [0.2, 0.25) is 0 Å². The van der Waals surface area contributed by atoms with Crippen molar-refractivity contribution in [3.63, 3.8) is 0 Å². The number of rotatable bonds is 7. The molecular formula is C24H21N3O3. The molecule has 0 saturated heterocycles. The van der Waals surface area contributed by atoms with Crippen LogP contribution in [0.5, 0.6) is 0 Å². The van der Waals surface area contributed by atoms with Gasteiger partial charge in [0.25, 0.3) is 5.91 Å². The highest BCUT2D eigenvalue weighted by Crippen LogP contribution is 2.20. The number of nitrogens with one attached hydrogen (secondary N) is 1. The standard InChI is InChI=1S/C24H21N3O3/c1-18-7-9-19(10-8-18)11-16-24(29)30-17-23(28)25-20-12-14-22(15-13-20)27-26-21-5-3-2-4-6-21/h2-16H,17H2,1H3,(H,25,28)/b16-11+,27-26?. The molecule has 3 aromatic rings. The van der Waals surface area contributed by atoms with Crippen LogP contribution in [0.3, 0.4) is 0 Å². The van der Waals surface area contributed by atoms with E-state index in [-0.39, 0.29) is 6.61 Å². The minimum atomic E-state index is -0.581. The maximum Gasteiger partial charge on any atom is 0.331 e. The molecule has 1 N–H and O–H groups in total. The molecular weight excluding hydrogens is 378 g/mol. The second-order valence-corrected chi connectivity index (χ2v) is 6.48. The Morgan fingerprint density at radius 2 is 1.50 bits per heavy atom. The summed E-state index contributed by atoms with van der Waals surface area (Å²) in [7, 11) is 0. The zero-order chi connectivity index (χ0) is 21.2. The van der Waals surface area contributed by atoms with E-state index in [2.05, 4.69) is 15.5 Å². The second kappa shape index (κ2) is 10.5. The molecule has 3 rings (SSSR count). The first kappa shape index (κ1) is 20.7. The van der Waals surface area contributed by atoms with Crippen LogP contribution in [0.25, 0.3) is 6.08 Å². The summed E-state index contributed by atoms with van der Waals surface area (Å²) in [5.41, 5.74) is 4.01. The number of carbonyl (C=O) groups is 2. The van der Waals surface area contributed by atoms with Crippen molar-refractivity contribution >= 4 is 35.0 Å². The zero-order valence-electron chi connectivity index (χ0n) is 16.5. The van der Waals surface area contributed by atoms with Gasteiger partial charge in [-0.1, -0.05) is 48.0 Å². The Bertz CT molecular complexity index is 1040. The quantitative estimate of drug-likeness (QED) is 0.319. The molecule has 0 unspecified atom stereocenters. The van der Waals surface area contributed by atoms with E-state index in [1.807, 2.05) is 61.5 Å². The third-order valence-electron chi connectivity index (χ3n) is 4.02. The maximum atomic E-state index is 12.0. The molecule has 0 aliphatic carbocycles. The molecule has 0 aliphatic rings. The van der Waals surface area contributed by atoms with Crippen LogP contribution >= 0.6 is 0 Å². The van der Waals surface area contributed by atoms with E-state index in [0.29, 0.717) is 11.4 Å². The molecule has 150 valence electrons. The van der Waals surface area contributed by atoms with Crippen LogP contribution in [0, 0.1) is 6.92 Å². The van der Waals surface area contributed by atoms with E-state index in [1.165, 1.54) is 6.08 Å². The second-order valence-electron chi connectivity index (χ2n) is 6.48. The summed E-state index contributed by atoms with van der Waals surface area (Å²) in [6.45, 7) is 1.62. The van der Waals surface area contributed by atoms with Crippen molar-refractivity contribution in [2.24, 2.45) is 10.2 Å².